The molecule has 0 rings (SSSR count). The van der Waals surface area contributed by atoms with Crippen molar-refractivity contribution in [2.75, 3.05) is 5.75 Å². The molecular weight excluding hydrogens is 198 g/mol. The highest BCUT2D eigenvalue weighted by Gasteiger charge is 2.33. The minimum Gasteiger partial charge on any atom is -0.479 e. The zero-order valence-corrected chi connectivity index (χ0v) is 8.36. The van der Waals surface area contributed by atoms with Gasteiger partial charge < -0.3 is 10.4 Å². The molecular formula is C6H11NO3S2. The predicted octanol–water partition coefficient (Wildman–Crippen LogP) is 0.153. The van der Waals surface area contributed by atoms with Crippen LogP contribution in [0.5, 0.6) is 0 Å². The van der Waals surface area contributed by atoms with Gasteiger partial charge in [-0.15, -0.1) is 12.6 Å². The fourth-order valence-electron chi connectivity index (χ4n) is 0.563. The van der Waals surface area contributed by atoms with Crippen molar-refractivity contribution in [3.8, 4) is 0 Å². The Morgan fingerprint density at radius 2 is 2.08 bits per heavy atom. The first-order chi connectivity index (χ1) is 5.46. The number of thiol groups is 2. The normalized spacial score (nSPS) is 14.9. The summed E-state index contributed by atoms with van der Waals surface area (Å²) >= 11 is 7.54. The van der Waals surface area contributed by atoms with Gasteiger partial charge in [0.1, 0.15) is 0 Å². The van der Waals surface area contributed by atoms with Gasteiger partial charge in [-0.2, -0.15) is 12.6 Å². The number of amides is 1. The van der Waals surface area contributed by atoms with Crippen molar-refractivity contribution in [1.29, 1.82) is 0 Å². The van der Waals surface area contributed by atoms with E-state index in [1.54, 1.807) is 6.92 Å². The van der Waals surface area contributed by atoms with Crippen LogP contribution >= 0.6 is 25.3 Å². The van der Waals surface area contributed by atoms with Gasteiger partial charge in [0.15, 0.2) is 4.87 Å². The predicted molar refractivity (Wildman–Crippen MR) is 51.6 cm³/mol. The second-order valence-electron chi connectivity index (χ2n) is 2.23. The molecule has 0 aliphatic heterocycles. The van der Waals surface area contributed by atoms with Crippen molar-refractivity contribution >= 4 is 37.1 Å². The Morgan fingerprint density at radius 3 is 2.33 bits per heavy atom. The van der Waals surface area contributed by atoms with Crippen LogP contribution in [0.1, 0.15) is 13.3 Å². The molecule has 1 amide bonds. The molecule has 4 nitrogen and oxygen atoms in total. The molecule has 0 aromatic rings. The molecule has 0 heterocycles. The van der Waals surface area contributed by atoms with E-state index >= 15 is 0 Å². The molecule has 0 spiro atoms. The zero-order chi connectivity index (χ0) is 9.78. The van der Waals surface area contributed by atoms with Crippen molar-refractivity contribution in [3.63, 3.8) is 0 Å². The topological polar surface area (TPSA) is 66.4 Å². The Labute approximate surface area is 81.5 Å². The summed E-state index contributed by atoms with van der Waals surface area (Å²) in [7, 11) is 0. The first kappa shape index (κ1) is 11.6. The van der Waals surface area contributed by atoms with E-state index in [9.17, 15) is 9.59 Å². The first-order valence-electron chi connectivity index (χ1n) is 3.34. The monoisotopic (exact) mass is 209 g/mol. The second-order valence-corrected chi connectivity index (χ2v) is 3.30. The Bertz CT molecular complexity index is 197. The van der Waals surface area contributed by atoms with Gasteiger partial charge in [-0.1, -0.05) is 6.92 Å². The van der Waals surface area contributed by atoms with Crippen molar-refractivity contribution in [3.05, 3.63) is 0 Å². The average molecular weight is 209 g/mol. The average Bonchev–Trinajstić information content (AvgIpc) is 2.03. The largest absolute Gasteiger partial charge is 0.479 e. The van der Waals surface area contributed by atoms with E-state index in [1.165, 1.54) is 0 Å². The molecule has 70 valence electrons. The van der Waals surface area contributed by atoms with E-state index in [0.717, 1.165) is 0 Å². The highest BCUT2D eigenvalue weighted by Crippen LogP contribution is 2.15. The summed E-state index contributed by atoms with van der Waals surface area (Å²) in [6, 6.07) is 0. The number of hydrogen-bond acceptors (Lipinski definition) is 4. The quantitative estimate of drug-likeness (QED) is 0.394. The summed E-state index contributed by atoms with van der Waals surface area (Å²) in [4.78, 5) is 19.9. The highest BCUT2D eigenvalue weighted by molar-refractivity contribution is 7.82. The number of carbonyl (C=O) groups is 2. The van der Waals surface area contributed by atoms with E-state index < -0.39 is 16.7 Å². The lowest BCUT2D eigenvalue weighted by molar-refractivity contribution is -0.143. The van der Waals surface area contributed by atoms with Crippen molar-refractivity contribution < 1.29 is 14.7 Å². The third-order valence-corrected chi connectivity index (χ3v) is 2.26. The number of hydrogen-bond donors (Lipinski definition) is 4. The van der Waals surface area contributed by atoms with Gasteiger partial charge in [0.25, 0.3) is 0 Å². The molecule has 6 heteroatoms. The third kappa shape index (κ3) is 2.94. The summed E-state index contributed by atoms with van der Waals surface area (Å²) in [5.41, 5.74) is 0. The van der Waals surface area contributed by atoms with Crippen molar-refractivity contribution in [1.82, 2.24) is 5.32 Å². The summed E-state index contributed by atoms with van der Waals surface area (Å²) in [6.07, 6.45) is 0.213. The Morgan fingerprint density at radius 1 is 1.58 bits per heavy atom. The minimum absolute atomic E-state index is 0.0460. The van der Waals surface area contributed by atoms with E-state index in [4.69, 9.17) is 5.11 Å². The molecule has 1 unspecified atom stereocenters. The lowest BCUT2D eigenvalue weighted by Gasteiger charge is -2.22. The molecule has 0 aliphatic carbocycles. The van der Waals surface area contributed by atoms with Crippen LogP contribution in [0.3, 0.4) is 0 Å². The second kappa shape index (κ2) is 4.61. The van der Waals surface area contributed by atoms with Gasteiger partial charge in [-0.05, 0) is 6.42 Å². The summed E-state index contributed by atoms with van der Waals surface area (Å²) in [6.45, 7) is 1.62. The van der Waals surface area contributed by atoms with Crippen LogP contribution in [0.2, 0.25) is 0 Å². The lowest BCUT2D eigenvalue weighted by atomic mass is 10.2. The van der Waals surface area contributed by atoms with Crippen LogP contribution in [0, 0.1) is 0 Å². The van der Waals surface area contributed by atoms with Crippen LogP contribution in [-0.2, 0) is 9.59 Å². The van der Waals surface area contributed by atoms with Gasteiger partial charge in [-0.25, -0.2) is 4.79 Å². The van der Waals surface area contributed by atoms with Gasteiger partial charge in [0, 0.05) is 0 Å². The molecule has 0 saturated carbocycles. The SMILES string of the molecule is CCC(S)(NC(=O)CS)C(=O)O. The molecule has 0 fully saturated rings. The van der Waals surface area contributed by atoms with E-state index in [1.807, 2.05) is 0 Å². The summed E-state index contributed by atoms with van der Waals surface area (Å²) in [5.74, 6) is -1.66. The molecule has 1 atom stereocenters. The van der Waals surface area contributed by atoms with E-state index in [0.29, 0.717) is 0 Å². The molecule has 0 bridgehead atoms. The molecule has 0 aromatic carbocycles. The maximum Gasteiger partial charge on any atom is 0.339 e. The molecule has 2 N–H and O–H groups in total. The molecule has 0 radical (unpaired) electrons. The maximum atomic E-state index is 10.8. The maximum absolute atomic E-state index is 10.8. The number of rotatable bonds is 4. The van der Waals surface area contributed by atoms with Gasteiger partial charge in [0.05, 0.1) is 5.75 Å². The fraction of sp³-hybridized carbons (Fsp3) is 0.667. The summed E-state index contributed by atoms with van der Waals surface area (Å²) < 4.78 is 0. The Balaban J connectivity index is 4.34. The number of carbonyl (C=O) groups excluding carboxylic acids is 1. The van der Waals surface area contributed by atoms with E-state index in [-0.39, 0.29) is 12.2 Å². The Hall–Kier alpha value is -0.360. The minimum atomic E-state index is -1.47. The van der Waals surface area contributed by atoms with Crippen LogP contribution in [0.4, 0.5) is 0 Å². The van der Waals surface area contributed by atoms with Crippen LogP contribution in [0.25, 0.3) is 0 Å². The highest BCUT2D eigenvalue weighted by atomic mass is 32.1. The van der Waals surface area contributed by atoms with Crippen LogP contribution < -0.4 is 5.32 Å². The van der Waals surface area contributed by atoms with Gasteiger partial charge in [-0.3, -0.25) is 4.79 Å². The van der Waals surface area contributed by atoms with Crippen LogP contribution in [-0.4, -0.2) is 27.6 Å². The first-order valence-corrected chi connectivity index (χ1v) is 4.42. The van der Waals surface area contributed by atoms with Crippen molar-refractivity contribution in [2.24, 2.45) is 0 Å². The number of nitrogens with one attached hydrogen (secondary N) is 1. The molecule has 12 heavy (non-hydrogen) atoms. The smallest absolute Gasteiger partial charge is 0.339 e. The van der Waals surface area contributed by atoms with Gasteiger partial charge >= 0.3 is 5.97 Å². The molecule has 0 aliphatic rings. The number of carboxylic acids is 1. The number of aliphatic carboxylic acids is 1. The third-order valence-electron chi connectivity index (χ3n) is 1.36. The Kier molecular flexibility index (Phi) is 4.47. The summed E-state index contributed by atoms with van der Waals surface area (Å²) in [5, 5.41) is 10.9. The van der Waals surface area contributed by atoms with Crippen molar-refractivity contribution in [2.45, 2.75) is 18.2 Å². The fourth-order valence-corrected chi connectivity index (χ4v) is 0.767. The standard InChI is InChI=1S/C6H11NO3S2/c1-2-6(12,5(9)10)7-4(8)3-11/h11-12H,2-3H2,1H3,(H,7,8)(H,9,10). The molecule has 0 aromatic heterocycles. The lowest BCUT2D eigenvalue weighted by Crippen LogP contribution is -2.50. The van der Waals surface area contributed by atoms with E-state index in [2.05, 4.69) is 30.6 Å². The van der Waals surface area contributed by atoms with Crippen LogP contribution in [0.15, 0.2) is 0 Å². The number of carboxylic acid groups (broad SMARTS) is 1. The van der Waals surface area contributed by atoms with Gasteiger partial charge in [0.2, 0.25) is 5.91 Å². The molecule has 0 saturated heterocycles. The zero-order valence-electron chi connectivity index (χ0n) is 6.57.